The molecule has 7 heteroatoms. The second-order valence-electron chi connectivity index (χ2n) is 5.89. The number of benzene rings is 1. The highest BCUT2D eigenvalue weighted by Gasteiger charge is 2.14. The van der Waals surface area contributed by atoms with E-state index in [1.807, 2.05) is 45.0 Å². The minimum Gasteiger partial charge on any atom is -0.348 e. The summed E-state index contributed by atoms with van der Waals surface area (Å²) in [5.74, 6) is -0.120. The van der Waals surface area contributed by atoms with Crippen molar-refractivity contribution >= 4 is 5.91 Å². The first kappa shape index (κ1) is 15.9. The van der Waals surface area contributed by atoms with Gasteiger partial charge >= 0.3 is 0 Å². The van der Waals surface area contributed by atoms with Gasteiger partial charge in [0, 0.05) is 18.8 Å². The summed E-state index contributed by atoms with van der Waals surface area (Å²) >= 11 is 0. The van der Waals surface area contributed by atoms with Gasteiger partial charge in [0.25, 0.3) is 5.91 Å². The molecule has 7 nitrogen and oxygen atoms in total. The molecule has 0 saturated heterocycles. The Bertz CT molecular complexity index is 835. The molecule has 0 radical (unpaired) electrons. The third-order valence-corrected chi connectivity index (χ3v) is 3.74. The van der Waals surface area contributed by atoms with Gasteiger partial charge in [-0.2, -0.15) is 10.2 Å². The zero-order chi connectivity index (χ0) is 17.1. The lowest BCUT2D eigenvalue weighted by Crippen LogP contribution is -2.23. The van der Waals surface area contributed by atoms with Gasteiger partial charge in [0.15, 0.2) is 0 Å². The van der Waals surface area contributed by atoms with Crippen LogP contribution in [0.15, 0.2) is 43.1 Å². The SMILES string of the molecule is Cc1nn(C(C)C)cc1C(=O)NCc1cccc(-n2cncn2)c1. The number of carbonyl (C=O) groups is 1. The van der Waals surface area contributed by atoms with Gasteiger partial charge in [-0.05, 0) is 38.5 Å². The van der Waals surface area contributed by atoms with Crippen LogP contribution in [0.5, 0.6) is 0 Å². The molecule has 0 unspecified atom stereocenters. The molecule has 2 heterocycles. The van der Waals surface area contributed by atoms with Crippen molar-refractivity contribution in [1.82, 2.24) is 29.9 Å². The monoisotopic (exact) mass is 324 g/mol. The molecule has 0 spiro atoms. The van der Waals surface area contributed by atoms with Crippen molar-refractivity contribution in [2.75, 3.05) is 0 Å². The molecule has 0 fully saturated rings. The number of amides is 1. The zero-order valence-corrected chi connectivity index (χ0v) is 14.0. The van der Waals surface area contributed by atoms with Gasteiger partial charge in [0.05, 0.1) is 16.9 Å². The Morgan fingerprint density at radius 3 is 2.83 bits per heavy atom. The van der Waals surface area contributed by atoms with E-state index in [9.17, 15) is 4.79 Å². The van der Waals surface area contributed by atoms with E-state index < -0.39 is 0 Å². The molecule has 0 aliphatic carbocycles. The quantitative estimate of drug-likeness (QED) is 0.781. The van der Waals surface area contributed by atoms with Crippen molar-refractivity contribution in [3.63, 3.8) is 0 Å². The van der Waals surface area contributed by atoms with Crippen LogP contribution in [0, 0.1) is 6.92 Å². The van der Waals surface area contributed by atoms with E-state index in [0.717, 1.165) is 16.9 Å². The Morgan fingerprint density at radius 1 is 1.33 bits per heavy atom. The number of hydrogen-bond donors (Lipinski definition) is 1. The maximum absolute atomic E-state index is 12.4. The number of aryl methyl sites for hydroxylation is 1. The molecular formula is C17H20N6O. The van der Waals surface area contributed by atoms with Gasteiger partial charge < -0.3 is 5.32 Å². The van der Waals surface area contributed by atoms with Crippen LogP contribution in [0.25, 0.3) is 5.69 Å². The normalized spacial score (nSPS) is 11.0. The van der Waals surface area contributed by atoms with Crippen molar-refractivity contribution in [3.8, 4) is 5.69 Å². The lowest BCUT2D eigenvalue weighted by Gasteiger charge is -2.07. The molecule has 24 heavy (non-hydrogen) atoms. The fraction of sp³-hybridized carbons (Fsp3) is 0.294. The average Bonchev–Trinajstić information content (AvgIpc) is 3.22. The highest BCUT2D eigenvalue weighted by Crippen LogP contribution is 2.12. The third kappa shape index (κ3) is 3.34. The first-order chi connectivity index (χ1) is 11.5. The second-order valence-corrected chi connectivity index (χ2v) is 5.89. The lowest BCUT2D eigenvalue weighted by molar-refractivity contribution is 0.0950. The maximum Gasteiger partial charge on any atom is 0.255 e. The van der Waals surface area contributed by atoms with Crippen LogP contribution in [-0.4, -0.2) is 30.5 Å². The number of hydrogen-bond acceptors (Lipinski definition) is 4. The minimum atomic E-state index is -0.120. The smallest absolute Gasteiger partial charge is 0.255 e. The predicted molar refractivity (Wildman–Crippen MR) is 89.9 cm³/mol. The highest BCUT2D eigenvalue weighted by atomic mass is 16.1. The van der Waals surface area contributed by atoms with Gasteiger partial charge in [-0.1, -0.05) is 12.1 Å². The number of carbonyl (C=O) groups excluding carboxylic acids is 1. The Morgan fingerprint density at radius 2 is 2.17 bits per heavy atom. The predicted octanol–water partition coefficient (Wildman–Crippen LogP) is 2.28. The first-order valence-electron chi connectivity index (χ1n) is 7.82. The van der Waals surface area contributed by atoms with Crippen LogP contribution in [0.3, 0.4) is 0 Å². The summed E-state index contributed by atoms with van der Waals surface area (Å²) < 4.78 is 3.48. The summed E-state index contributed by atoms with van der Waals surface area (Å²) in [5, 5.41) is 11.4. The summed E-state index contributed by atoms with van der Waals surface area (Å²) in [6, 6.07) is 8.03. The van der Waals surface area contributed by atoms with Crippen LogP contribution in [0.2, 0.25) is 0 Å². The number of nitrogens with one attached hydrogen (secondary N) is 1. The Labute approximate surface area is 140 Å². The van der Waals surface area contributed by atoms with Crippen molar-refractivity contribution in [2.45, 2.75) is 33.4 Å². The van der Waals surface area contributed by atoms with Crippen molar-refractivity contribution in [1.29, 1.82) is 0 Å². The fourth-order valence-corrected chi connectivity index (χ4v) is 2.40. The van der Waals surface area contributed by atoms with Crippen LogP contribution in [0.1, 0.15) is 41.5 Å². The molecule has 3 aromatic rings. The first-order valence-corrected chi connectivity index (χ1v) is 7.82. The molecule has 1 amide bonds. The second kappa shape index (κ2) is 6.66. The van der Waals surface area contributed by atoms with Crippen LogP contribution >= 0.6 is 0 Å². The van der Waals surface area contributed by atoms with Crippen LogP contribution in [0.4, 0.5) is 0 Å². The topological polar surface area (TPSA) is 77.6 Å². The largest absolute Gasteiger partial charge is 0.348 e. The molecule has 2 aromatic heterocycles. The van der Waals surface area contributed by atoms with Gasteiger partial charge in [-0.3, -0.25) is 9.48 Å². The molecule has 0 aliphatic rings. The minimum absolute atomic E-state index is 0.120. The Kier molecular flexibility index (Phi) is 4.41. The van der Waals surface area contributed by atoms with E-state index in [1.165, 1.54) is 6.33 Å². The van der Waals surface area contributed by atoms with Gasteiger partial charge in [-0.15, -0.1) is 0 Å². The van der Waals surface area contributed by atoms with Crippen LogP contribution < -0.4 is 5.32 Å². The zero-order valence-electron chi connectivity index (χ0n) is 14.0. The highest BCUT2D eigenvalue weighted by molar-refractivity contribution is 5.94. The van der Waals surface area contributed by atoms with Gasteiger partial charge in [0.1, 0.15) is 12.7 Å². The van der Waals surface area contributed by atoms with Crippen LogP contribution in [-0.2, 0) is 6.54 Å². The molecule has 0 aliphatic heterocycles. The van der Waals surface area contributed by atoms with E-state index in [4.69, 9.17) is 0 Å². The average molecular weight is 324 g/mol. The van der Waals surface area contributed by atoms with E-state index >= 15 is 0 Å². The van der Waals surface area contributed by atoms with E-state index in [1.54, 1.807) is 21.9 Å². The standard InChI is InChI=1S/C17H20N6O/c1-12(2)22-9-16(13(3)21-22)17(24)19-8-14-5-4-6-15(7-14)23-11-18-10-20-23/h4-7,9-12H,8H2,1-3H3,(H,19,24). The van der Waals surface area contributed by atoms with Gasteiger partial charge in [-0.25, -0.2) is 9.67 Å². The Balaban J connectivity index is 1.70. The van der Waals surface area contributed by atoms with Crippen molar-refractivity contribution < 1.29 is 4.79 Å². The molecule has 1 N–H and O–H groups in total. The summed E-state index contributed by atoms with van der Waals surface area (Å²) in [4.78, 5) is 16.3. The molecular weight excluding hydrogens is 304 g/mol. The molecule has 0 bridgehead atoms. The summed E-state index contributed by atoms with van der Waals surface area (Å²) in [6.07, 6.45) is 4.92. The Hall–Kier alpha value is -2.96. The molecule has 3 rings (SSSR count). The number of nitrogens with zero attached hydrogens (tertiary/aromatic N) is 5. The number of rotatable bonds is 5. The molecule has 0 saturated carbocycles. The molecule has 0 atom stereocenters. The van der Waals surface area contributed by atoms with Gasteiger partial charge in [0.2, 0.25) is 0 Å². The number of aromatic nitrogens is 5. The molecule has 124 valence electrons. The summed E-state index contributed by atoms with van der Waals surface area (Å²) in [5.41, 5.74) is 3.24. The third-order valence-electron chi connectivity index (χ3n) is 3.74. The summed E-state index contributed by atoms with van der Waals surface area (Å²) in [6.45, 7) is 6.35. The van der Waals surface area contributed by atoms with Crippen molar-refractivity contribution in [3.05, 3.63) is 59.9 Å². The fourth-order valence-electron chi connectivity index (χ4n) is 2.40. The van der Waals surface area contributed by atoms with Crippen molar-refractivity contribution in [2.24, 2.45) is 0 Å². The van der Waals surface area contributed by atoms with E-state index in [0.29, 0.717) is 12.1 Å². The maximum atomic E-state index is 12.4. The summed E-state index contributed by atoms with van der Waals surface area (Å²) in [7, 11) is 0. The lowest BCUT2D eigenvalue weighted by atomic mass is 10.2. The van der Waals surface area contributed by atoms with E-state index in [-0.39, 0.29) is 11.9 Å². The van der Waals surface area contributed by atoms with E-state index in [2.05, 4.69) is 20.5 Å². The molecule has 1 aromatic carbocycles.